The molecule has 1 aliphatic carbocycles. The van der Waals surface area contributed by atoms with Gasteiger partial charge in [0, 0.05) is 12.4 Å². The lowest BCUT2D eigenvalue weighted by Crippen LogP contribution is -2.35. The largest absolute Gasteiger partial charge is 0.320 e. The number of nitrogens with zero attached hydrogens (tertiary/aromatic N) is 2. The van der Waals surface area contributed by atoms with Crippen molar-refractivity contribution < 1.29 is 0 Å². The zero-order chi connectivity index (χ0) is 9.31. The highest BCUT2D eigenvalue weighted by molar-refractivity contribution is 5.20. The summed E-state index contributed by atoms with van der Waals surface area (Å²) in [6.45, 7) is 1.98. The molecule has 0 atom stereocenters. The molecule has 0 amide bonds. The summed E-state index contributed by atoms with van der Waals surface area (Å²) in [5, 5.41) is 0. The van der Waals surface area contributed by atoms with Gasteiger partial charge < -0.3 is 5.73 Å². The molecule has 1 saturated carbocycles. The molecule has 2 rings (SSSR count). The van der Waals surface area contributed by atoms with E-state index in [1.165, 1.54) is 12.8 Å². The molecule has 2 N–H and O–H groups in total. The van der Waals surface area contributed by atoms with Crippen LogP contribution < -0.4 is 5.73 Å². The molecule has 1 heterocycles. The molecule has 0 unspecified atom stereocenters. The summed E-state index contributed by atoms with van der Waals surface area (Å²) in [6, 6.07) is 0. The van der Waals surface area contributed by atoms with Crippen molar-refractivity contribution in [3.63, 3.8) is 0 Å². The first-order valence-corrected chi connectivity index (χ1v) is 4.79. The summed E-state index contributed by atoms with van der Waals surface area (Å²) in [5.74, 6) is 0. The third kappa shape index (κ3) is 1.44. The third-order valence-corrected chi connectivity index (χ3v) is 2.85. The van der Waals surface area contributed by atoms with Crippen molar-refractivity contribution in [3.8, 4) is 0 Å². The predicted octanol–water partition coefficient (Wildman–Crippen LogP) is 1.51. The standard InChI is InChI=1S/C10H15N3/c1-8-9(13-7-6-12-8)10(11)4-2-3-5-10/h6-7H,2-5,11H2,1H3. The van der Waals surface area contributed by atoms with Crippen molar-refractivity contribution in [3.05, 3.63) is 23.8 Å². The van der Waals surface area contributed by atoms with Crippen molar-refractivity contribution in [2.24, 2.45) is 5.73 Å². The second-order valence-corrected chi connectivity index (χ2v) is 3.85. The molecular formula is C10H15N3. The van der Waals surface area contributed by atoms with Gasteiger partial charge in [-0.25, -0.2) is 0 Å². The summed E-state index contributed by atoms with van der Waals surface area (Å²) >= 11 is 0. The quantitative estimate of drug-likeness (QED) is 0.707. The van der Waals surface area contributed by atoms with Gasteiger partial charge in [-0.1, -0.05) is 12.8 Å². The van der Waals surface area contributed by atoms with Gasteiger partial charge in [0.2, 0.25) is 0 Å². The number of nitrogens with two attached hydrogens (primary N) is 1. The molecule has 3 nitrogen and oxygen atoms in total. The van der Waals surface area contributed by atoms with Crippen LogP contribution in [-0.4, -0.2) is 9.97 Å². The molecule has 1 fully saturated rings. The molecule has 0 saturated heterocycles. The van der Waals surface area contributed by atoms with Gasteiger partial charge in [0.15, 0.2) is 0 Å². The van der Waals surface area contributed by atoms with E-state index in [-0.39, 0.29) is 5.54 Å². The molecule has 0 aromatic carbocycles. The van der Waals surface area contributed by atoms with E-state index in [0.717, 1.165) is 24.2 Å². The lowest BCUT2D eigenvalue weighted by Gasteiger charge is -2.23. The van der Waals surface area contributed by atoms with E-state index in [1.807, 2.05) is 6.92 Å². The average molecular weight is 177 g/mol. The van der Waals surface area contributed by atoms with E-state index in [1.54, 1.807) is 12.4 Å². The van der Waals surface area contributed by atoms with Gasteiger partial charge in [0.05, 0.1) is 16.9 Å². The minimum atomic E-state index is -0.196. The average Bonchev–Trinajstić information content (AvgIpc) is 2.54. The zero-order valence-corrected chi connectivity index (χ0v) is 7.95. The van der Waals surface area contributed by atoms with E-state index in [2.05, 4.69) is 9.97 Å². The first-order chi connectivity index (χ1) is 6.22. The highest BCUT2D eigenvalue weighted by Crippen LogP contribution is 2.35. The van der Waals surface area contributed by atoms with Crippen LogP contribution in [0, 0.1) is 6.92 Å². The topological polar surface area (TPSA) is 51.8 Å². The highest BCUT2D eigenvalue weighted by Gasteiger charge is 2.33. The van der Waals surface area contributed by atoms with Crippen LogP contribution in [0.4, 0.5) is 0 Å². The fourth-order valence-corrected chi connectivity index (χ4v) is 2.14. The van der Waals surface area contributed by atoms with Crippen LogP contribution in [-0.2, 0) is 5.54 Å². The maximum absolute atomic E-state index is 6.28. The molecule has 1 aliphatic rings. The maximum atomic E-state index is 6.28. The van der Waals surface area contributed by atoms with Crippen molar-refractivity contribution in [2.45, 2.75) is 38.1 Å². The van der Waals surface area contributed by atoms with Crippen molar-refractivity contribution in [2.75, 3.05) is 0 Å². The lowest BCUT2D eigenvalue weighted by molar-refractivity contribution is 0.442. The SMILES string of the molecule is Cc1nccnc1C1(N)CCCC1. The Kier molecular flexibility index (Phi) is 2.04. The molecule has 0 radical (unpaired) electrons. The fourth-order valence-electron chi connectivity index (χ4n) is 2.14. The maximum Gasteiger partial charge on any atom is 0.0814 e. The summed E-state index contributed by atoms with van der Waals surface area (Å²) in [4.78, 5) is 8.57. The number of rotatable bonds is 1. The first kappa shape index (κ1) is 8.63. The predicted molar refractivity (Wildman–Crippen MR) is 51.1 cm³/mol. The number of hydrogen-bond acceptors (Lipinski definition) is 3. The van der Waals surface area contributed by atoms with Crippen LogP contribution in [0.15, 0.2) is 12.4 Å². The van der Waals surface area contributed by atoms with E-state index in [4.69, 9.17) is 5.73 Å². The summed E-state index contributed by atoms with van der Waals surface area (Å²) in [7, 11) is 0. The minimum absolute atomic E-state index is 0.196. The Morgan fingerprint density at radius 3 is 2.46 bits per heavy atom. The van der Waals surface area contributed by atoms with Crippen LogP contribution in [0.1, 0.15) is 37.1 Å². The van der Waals surface area contributed by atoms with E-state index in [0.29, 0.717) is 0 Å². The Morgan fingerprint density at radius 2 is 1.85 bits per heavy atom. The van der Waals surface area contributed by atoms with Crippen LogP contribution in [0.5, 0.6) is 0 Å². The van der Waals surface area contributed by atoms with Crippen LogP contribution in [0.25, 0.3) is 0 Å². The van der Waals surface area contributed by atoms with Crippen molar-refractivity contribution in [1.82, 2.24) is 9.97 Å². The monoisotopic (exact) mass is 177 g/mol. The van der Waals surface area contributed by atoms with Gasteiger partial charge >= 0.3 is 0 Å². The second kappa shape index (κ2) is 3.07. The Balaban J connectivity index is 2.39. The normalized spacial score (nSPS) is 20.5. The lowest BCUT2D eigenvalue weighted by atomic mass is 9.93. The van der Waals surface area contributed by atoms with Crippen LogP contribution >= 0.6 is 0 Å². The third-order valence-electron chi connectivity index (χ3n) is 2.85. The highest BCUT2D eigenvalue weighted by atomic mass is 14.9. The van der Waals surface area contributed by atoms with Gasteiger partial charge in [-0.15, -0.1) is 0 Å². The second-order valence-electron chi connectivity index (χ2n) is 3.85. The van der Waals surface area contributed by atoms with Crippen LogP contribution in [0.3, 0.4) is 0 Å². The molecule has 0 spiro atoms. The fraction of sp³-hybridized carbons (Fsp3) is 0.600. The van der Waals surface area contributed by atoms with E-state index in [9.17, 15) is 0 Å². The van der Waals surface area contributed by atoms with Crippen molar-refractivity contribution in [1.29, 1.82) is 0 Å². The van der Waals surface area contributed by atoms with Gasteiger partial charge in [0.1, 0.15) is 0 Å². The molecule has 0 bridgehead atoms. The van der Waals surface area contributed by atoms with Gasteiger partial charge in [0.25, 0.3) is 0 Å². The molecule has 70 valence electrons. The minimum Gasteiger partial charge on any atom is -0.320 e. The number of aryl methyl sites for hydroxylation is 1. The molecule has 0 aliphatic heterocycles. The molecular weight excluding hydrogens is 162 g/mol. The molecule has 13 heavy (non-hydrogen) atoms. The number of aromatic nitrogens is 2. The van der Waals surface area contributed by atoms with Crippen LogP contribution in [0.2, 0.25) is 0 Å². The smallest absolute Gasteiger partial charge is 0.0814 e. The molecule has 1 aromatic heterocycles. The first-order valence-electron chi connectivity index (χ1n) is 4.79. The Hall–Kier alpha value is -0.960. The zero-order valence-electron chi connectivity index (χ0n) is 7.95. The summed E-state index contributed by atoms with van der Waals surface area (Å²) < 4.78 is 0. The Labute approximate surface area is 78.4 Å². The summed E-state index contributed by atoms with van der Waals surface area (Å²) in [6.07, 6.45) is 7.98. The summed E-state index contributed by atoms with van der Waals surface area (Å²) in [5.41, 5.74) is 8.05. The van der Waals surface area contributed by atoms with Crippen molar-refractivity contribution >= 4 is 0 Å². The number of hydrogen-bond donors (Lipinski definition) is 1. The molecule has 3 heteroatoms. The van der Waals surface area contributed by atoms with Gasteiger partial charge in [-0.3, -0.25) is 9.97 Å². The van der Waals surface area contributed by atoms with Gasteiger partial charge in [-0.2, -0.15) is 0 Å². The van der Waals surface area contributed by atoms with E-state index >= 15 is 0 Å². The molecule has 1 aromatic rings. The van der Waals surface area contributed by atoms with Gasteiger partial charge in [-0.05, 0) is 19.8 Å². The van der Waals surface area contributed by atoms with E-state index < -0.39 is 0 Å². The Bertz CT molecular complexity index is 303. The Morgan fingerprint density at radius 1 is 1.23 bits per heavy atom.